The average molecular weight is 303 g/mol. The predicted molar refractivity (Wildman–Crippen MR) is 79.7 cm³/mol. The van der Waals surface area contributed by atoms with Crippen LogP contribution in [0.5, 0.6) is 5.88 Å². The van der Waals surface area contributed by atoms with Gasteiger partial charge in [0.05, 0.1) is 11.8 Å². The molecule has 21 heavy (non-hydrogen) atoms. The van der Waals surface area contributed by atoms with Crippen molar-refractivity contribution in [2.45, 2.75) is 11.6 Å². The molecule has 0 saturated heterocycles. The summed E-state index contributed by atoms with van der Waals surface area (Å²) in [5, 5.41) is 9.50. The summed E-state index contributed by atoms with van der Waals surface area (Å²) in [6, 6.07) is 8.81. The average Bonchev–Trinajstić information content (AvgIpc) is 2.88. The summed E-state index contributed by atoms with van der Waals surface area (Å²) in [6.45, 7) is 0.669. The molecule has 1 amide bonds. The molecule has 0 bridgehead atoms. The van der Waals surface area contributed by atoms with Crippen LogP contribution in [0.1, 0.15) is 5.56 Å². The van der Waals surface area contributed by atoms with Gasteiger partial charge in [-0.1, -0.05) is 30.0 Å². The summed E-state index contributed by atoms with van der Waals surface area (Å²) in [5.74, 6) is -0.239. The monoisotopic (exact) mass is 303 g/mol. The molecule has 6 nitrogen and oxygen atoms in total. The van der Waals surface area contributed by atoms with Gasteiger partial charge in [0.25, 0.3) is 5.56 Å². The Balaban J connectivity index is 1.69. The van der Waals surface area contributed by atoms with Crippen molar-refractivity contribution >= 4 is 23.4 Å². The van der Waals surface area contributed by atoms with Gasteiger partial charge in [0.1, 0.15) is 0 Å². The van der Waals surface area contributed by atoms with Gasteiger partial charge in [-0.25, -0.2) is 0 Å². The lowest BCUT2D eigenvalue weighted by Gasteiger charge is -2.16. The van der Waals surface area contributed by atoms with E-state index in [-0.39, 0.29) is 22.7 Å². The number of nitrogens with one attached hydrogen (secondary N) is 1. The Kier molecular flexibility index (Phi) is 3.66. The molecule has 0 fully saturated rings. The minimum absolute atomic E-state index is 0.0454. The second-order valence-electron chi connectivity index (χ2n) is 4.62. The number of aromatic hydroxyl groups is 1. The zero-order valence-electron chi connectivity index (χ0n) is 11.1. The SMILES string of the molecule is O=C(CSc1nc(O)cc(=O)[nH]1)N1CCc2ccccc21. The Morgan fingerprint density at radius 2 is 2.24 bits per heavy atom. The fraction of sp³-hybridized carbons (Fsp3) is 0.214. The van der Waals surface area contributed by atoms with Crippen molar-refractivity contribution in [2.75, 3.05) is 17.2 Å². The van der Waals surface area contributed by atoms with Crippen molar-refractivity contribution in [3.63, 3.8) is 0 Å². The summed E-state index contributed by atoms with van der Waals surface area (Å²) in [6.07, 6.45) is 0.855. The highest BCUT2D eigenvalue weighted by Crippen LogP contribution is 2.28. The Bertz CT molecular complexity index is 744. The summed E-state index contributed by atoms with van der Waals surface area (Å²) < 4.78 is 0. The third-order valence-electron chi connectivity index (χ3n) is 3.23. The molecule has 2 aromatic rings. The van der Waals surface area contributed by atoms with Crippen LogP contribution in [-0.4, -0.2) is 33.3 Å². The molecule has 1 aliphatic heterocycles. The quantitative estimate of drug-likeness (QED) is 0.656. The second-order valence-corrected chi connectivity index (χ2v) is 5.59. The van der Waals surface area contributed by atoms with Crippen LogP contribution in [0.15, 0.2) is 40.3 Å². The number of hydrogen-bond acceptors (Lipinski definition) is 5. The maximum Gasteiger partial charge on any atom is 0.255 e. The van der Waals surface area contributed by atoms with Crippen LogP contribution >= 0.6 is 11.8 Å². The van der Waals surface area contributed by atoms with Gasteiger partial charge in [-0.15, -0.1) is 0 Å². The molecule has 1 aliphatic rings. The zero-order chi connectivity index (χ0) is 14.8. The van der Waals surface area contributed by atoms with Gasteiger partial charge < -0.3 is 15.0 Å². The molecular formula is C14H13N3O3S. The molecule has 0 unspecified atom stereocenters. The first kappa shape index (κ1) is 13.7. The van der Waals surface area contributed by atoms with Crippen molar-refractivity contribution in [3.8, 4) is 5.88 Å². The van der Waals surface area contributed by atoms with Gasteiger partial charge in [0.15, 0.2) is 5.16 Å². The number of para-hydroxylation sites is 1. The summed E-state index contributed by atoms with van der Waals surface area (Å²) in [7, 11) is 0. The zero-order valence-corrected chi connectivity index (χ0v) is 11.9. The Morgan fingerprint density at radius 1 is 1.43 bits per heavy atom. The molecule has 0 radical (unpaired) electrons. The molecule has 1 aromatic carbocycles. The van der Waals surface area contributed by atoms with Crippen molar-refractivity contribution in [2.24, 2.45) is 0 Å². The van der Waals surface area contributed by atoms with Crippen molar-refractivity contribution in [3.05, 3.63) is 46.2 Å². The smallest absolute Gasteiger partial charge is 0.255 e. The highest BCUT2D eigenvalue weighted by Gasteiger charge is 2.24. The van der Waals surface area contributed by atoms with E-state index in [0.717, 1.165) is 29.9 Å². The minimum atomic E-state index is -0.441. The molecule has 2 heterocycles. The van der Waals surface area contributed by atoms with Gasteiger partial charge in [-0.05, 0) is 18.1 Å². The van der Waals surface area contributed by atoms with E-state index < -0.39 is 5.56 Å². The molecule has 0 saturated carbocycles. The summed E-state index contributed by atoms with van der Waals surface area (Å²) in [4.78, 5) is 31.5. The normalized spacial score (nSPS) is 13.2. The van der Waals surface area contributed by atoms with Crippen LogP contribution in [0.3, 0.4) is 0 Å². The predicted octanol–water partition coefficient (Wildman–Crippen LogP) is 1.16. The van der Waals surface area contributed by atoms with E-state index >= 15 is 0 Å². The third kappa shape index (κ3) is 2.92. The van der Waals surface area contributed by atoms with Gasteiger partial charge >= 0.3 is 0 Å². The first-order valence-corrected chi connectivity index (χ1v) is 7.43. The first-order chi connectivity index (χ1) is 10.1. The molecule has 108 valence electrons. The molecule has 2 N–H and O–H groups in total. The van der Waals surface area contributed by atoms with Crippen LogP contribution in [0.25, 0.3) is 0 Å². The molecule has 0 aliphatic carbocycles. The maximum absolute atomic E-state index is 12.3. The molecule has 0 spiro atoms. The molecular weight excluding hydrogens is 290 g/mol. The number of rotatable bonds is 3. The first-order valence-electron chi connectivity index (χ1n) is 6.45. The van der Waals surface area contributed by atoms with Crippen LogP contribution < -0.4 is 10.5 Å². The molecule has 3 rings (SSSR count). The molecule has 1 aromatic heterocycles. The van der Waals surface area contributed by atoms with Crippen molar-refractivity contribution < 1.29 is 9.90 Å². The third-order valence-corrected chi connectivity index (χ3v) is 4.09. The van der Waals surface area contributed by atoms with Gasteiger partial charge in [0, 0.05) is 12.2 Å². The van der Waals surface area contributed by atoms with E-state index in [4.69, 9.17) is 0 Å². The second kappa shape index (κ2) is 5.61. The van der Waals surface area contributed by atoms with Crippen LogP contribution in [0.2, 0.25) is 0 Å². The number of H-pyrrole nitrogens is 1. The van der Waals surface area contributed by atoms with Crippen LogP contribution in [-0.2, 0) is 11.2 Å². The van der Waals surface area contributed by atoms with E-state index in [1.165, 1.54) is 5.56 Å². The van der Waals surface area contributed by atoms with Gasteiger partial charge in [-0.2, -0.15) is 4.98 Å². The number of carbonyl (C=O) groups is 1. The number of hydrogen-bond donors (Lipinski definition) is 2. The van der Waals surface area contributed by atoms with Crippen molar-refractivity contribution in [1.29, 1.82) is 0 Å². The number of carbonyl (C=O) groups excluding carboxylic acids is 1. The number of thioether (sulfide) groups is 1. The highest BCUT2D eigenvalue weighted by atomic mass is 32.2. The maximum atomic E-state index is 12.3. The Morgan fingerprint density at radius 3 is 3.05 bits per heavy atom. The topological polar surface area (TPSA) is 86.3 Å². The minimum Gasteiger partial charge on any atom is -0.493 e. The van der Waals surface area contributed by atoms with E-state index in [0.29, 0.717) is 6.54 Å². The number of benzene rings is 1. The van der Waals surface area contributed by atoms with Crippen molar-refractivity contribution in [1.82, 2.24) is 9.97 Å². The van der Waals surface area contributed by atoms with Crippen LogP contribution in [0, 0.1) is 0 Å². The number of anilines is 1. The summed E-state index contributed by atoms with van der Waals surface area (Å²) in [5.41, 5.74) is 1.67. The molecule has 0 atom stereocenters. The fourth-order valence-corrected chi connectivity index (χ4v) is 3.04. The highest BCUT2D eigenvalue weighted by molar-refractivity contribution is 7.99. The van der Waals surface area contributed by atoms with E-state index in [1.54, 1.807) is 4.90 Å². The lowest BCUT2D eigenvalue weighted by Crippen LogP contribution is -2.30. The molecule has 7 heteroatoms. The number of aromatic amines is 1. The largest absolute Gasteiger partial charge is 0.493 e. The standard InChI is InChI=1S/C14H13N3O3S/c18-11-7-12(19)16-14(15-11)21-8-13(20)17-6-5-9-3-1-2-4-10(9)17/h1-4,7H,5-6,8H2,(H2,15,16,18,19). The van der Waals surface area contributed by atoms with Crippen LogP contribution in [0.4, 0.5) is 5.69 Å². The number of aromatic nitrogens is 2. The van der Waals surface area contributed by atoms with E-state index in [9.17, 15) is 14.7 Å². The lowest BCUT2D eigenvalue weighted by molar-refractivity contribution is -0.116. The number of amides is 1. The fourth-order valence-electron chi connectivity index (χ4n) is 2.30. The Hall–Kier alpha value is -2.28. The van der Waals surface area contributed by atoms with E-state index in [2.05, 4.69) is 9.97 Å². The van der Waals surface area contributed by atoms with E-state index in [1.807, 2.05) is 24.3 Å². The lowest BCUT2D eigenvalue weighted by atomic mass is 10.2. The number of fused-ring (bicyclic) bond motifs is 1. The van der Waals surface area contributed by atoms with Gasteiger partial charge in [-0.3, -0.25) is 9.59 Å². The summed E-state index contributed by atoms with van der Waals surface area (Å²) >= 11 is 1.10. The number of nitrogens with zero attached hydrogens (tertiary/aromatic N) is 2. The van der Waals surface area contributed by atoms with Gasteiger partial charge in [0.2, 0.25) is 11.8 Å². The Labute approximate surface area is 124 Å².